The zero-order valence-corrected chi connectivity index (χ0v) is 20.1. The van der Waals surface area contributed by atoms with E-state index in [4.69, 9.17) is 4.74 Å². The quantitative estimate of drug-likeness (QED) is 0.178. The van der Waals surface area contributed by atoms with E-state index in [2.05, 4.69) is 51.4 Å². The topological polar surface area (TPSA) is 50.8 Å². The molecule has 4 nitrogen and oxygen atoms in total. The summed E-state index contributed by atoms with van der Waals surface area (Å²) >= 11 is 3.54. The van der Waals surface area contributed by atoms with Gasteiger partial charge in [0.05, 0.1) is 28.2 Å². The van der Waals surface area contributed by atoms with Crippen LogP contribution in [0.2, 0.25) is 0 Å². The number of thioether (sulfide) groups is 2. The van der Waals surface area contributed by atoms with Gasteiger partial charge in [-0.1, -0.05) is 60.6 Å². The molecular weight excluding hydrogens is 434 g/mol. The summed E-state index contributed by atoms with van der Waals surface area (Å²) in [4.78, 5) is 13.8. The molecule has 2 aromatic heterocycles. The second kappa shape index (κ2) is 12.0. The van der Waals surface area contributed by atoms with Crippen molar-refractivity contribution in [3.05, 3.63) is 78.1 Å². The summed E-state index contributed by atoms with van der Waals surface area (Å²) < 4.78 is 6.02. The van der Waals surface area contributed by atoms with Crippen molar-refractivity contribution >= 4 is 34.6 Å². The maximum Gasteiger partial charge on any atom is 0.166 e. The average molecular weight is 464 g/mol. The van der Waals surface area contributed by atoms with E-state index in [1.165, 1.54) is 29.7 Å². The fourth-order valence-corrected chi connectivity index (χ4v) is 5.41. The lowest BCUT2D eigenvalue weighted by molar-refractivity contribution is 0.327. The first kappa shape index (κ1) is 22.7. The van der Waals surface area contributed by atoms with Gasteiger partial charge in [0, 0.05) is 11.9 Å². The zero-order chi connectivity index (χ0) is 22.0. The molecule has 4 aromatic rings. The highest BCUT2D eigenvalue weighted by Crippen LogP contribution is 2.35. The van der Waals surface area contributed by atoms with Crippen LogP contribution >= 0.6 is 23.5 Å². The lowest BCUT2D eigenvalue weighted by atomic mass is 10.1. The van der Waals surface area contributed by atoms with Crippen molar-refractivity contribution in [2.75, 3.05) is 12.4 Å². The summed E-state index contributed by atoms with van der Waals surface area (Å²) in [6, 6.07) is 20.9. The van der Waals surface area contributed by atoms with E-state index in [-0.39, 0.29) is 0 Å². The highest BCUT2D eigenvalue weighted by atomic mass is 32.2. The van der Waals surface area contributed by atoms with Gasteiger partial charge in [-0.15, -0.1) is 11.8 Å². The maximum atomic E-state index is 6.02. The Labute approximate surface area is 198 Å². The number of pyridine rings is 1. The number of para-hydroxylation sites is 2. The van der Waals surface area contributed by atoms with Gasteiger partial charge in [0.15, 0.2) is 10.9 Å². The Balaban J connectivity index is 1.30. The lowest BCUT2D eigenvalue weighted by Crippen LogP contribution is -2.00. The van der Waals surface area contributed by atoms with Crippen LogP contribution in [-0.4, -0.2) is 27.3 Å². The number of nitrogens with zero attached hydrogens (tertiary/aromatic N) is 2. The van der Waals surface area contributed by atoms with Crippen LogP contribution in [0.3, 0.4) is 0 Å². The normalized spacial score (nSPS) is 11.2. The number of aryl methyl sites for hydroxylation is 1. The molecule has 0 amide bonds. The Morgan fingerprint density at radius 1 is 0.906 bits per heavy atom. The second-order valence-corrected chi connectivity index (χ2v) is 9.61. The number of aromatic amines is 1. The average Bonchev–Trinajstić information content (AvgIpc) is 3.25. The van der Waals surface area contributed by atoms with E-state index in [0.717, 1.165) is 45.6 Å². The Hall–Kier alpha value is -2.44. The van der Waals surface area contributed by atoms with Gasteiger partial charge in [0.1, 0.15) is 0 Å². The number of hydrogen-bond acceptors (Lipinski definition) is 5. The number of unbranched alkanes of at least 4 members (excludes halogenated alkanes) is 2. The Bertz CT molecular complexity index is 1080. The minimum absolute atomic E-state index is 0.638. The third kappa shape index (κ3) is 6.30. The van der Waals surface area contributed by atoms with E-state index in [9.17, 15) is 0 Å². The van der Waals surface area contributed by atoms with Crippen LogP contribution in [0.25, 0.3) is 11.0 Å². The van der Waals surface area contributed by atoms with E-state index >= 15 is 0 Å². The third-order valence-corrected chi connectivity index (χ3v) is 7.16. The number of benzene rings is 2. The minimum Gasteiger partial charge on any atom is -0.491 e. The number of aromatic nitrogens is 3. The largest absolute Gasteiger partial charge is 0.491 e. The zero-order valence-electron chi connectivity index (χ0n) is 18.4. The van der Waals surface area contributed by atoms with E-state index in [1.54, 1.807) is 11.8 Å². The van der Waals surface area contributed by atoms with Gasteiger partial charge in [-0.25, -0.2) is 4.98 Å². The molecule has 166 valence electrons. The van der Waals surface area contributed by atoms with Crippen molar-refractivity contribution in [3.63, 3.8) is 0 Å². The molecule has 2 aromatic carbocycles. The molecule has 0 aliphatic heterocycles. The molecule has 0 radical (unpaired) electrons. The van der Waals surface area contributed by atoms with Gasteiger partial charge in [-0.2, -0.15) is 0 Å². The first-order valence-corrected chi connectivity index (χ1v) is 13.2. The van der Waals surface area contributed by atoms with E-state index in [1.807, 2.05) is 49.1 Å². The van der Waals surface area contributed by atoms with Crippen LogP contribution < -0.4 is 4.74 Å². The monoisotopic (exact) mass is 463 g/mol. The summed E-state index contributed by atoms with van der Waals surface area (Å²) in [5, 5.41) is 0.909. The molecule has 0 aliphatic rings. The first-order chi connectivity index (χ1) is 15.8. The van der Waals surface area contributed by atoms with Crippen molar-refractivity contribution in [2.45, 2.75) is 48.4 Å². The summed E-state index contributed by atoms with van der Waals surface area (Å²) in [5.74, 6) is 2.74. The number of fused-ring (bicyclic) bond motifs is 1. The predicted molar refractivity (Wildman–Crippen MR) is 136 cm³/mol. The molecule has 0 spiro atoms. The molecule has 2 heterocycles. The molecule has 0 saturated carbocycles. The van der Waals surface area contributed by atoms with Crippen LogP contribution in [0.1, 0.15) is 37.4 Å². The molecule has 0 bridgehead atoms. The molecule has 6 heteroatoms. The van der Waals surface area contributed by atoms with Crippen LogP contribution in [0, 0.1) is 0 Å². The van der Waals surface area contributed by atoms with Gasteiger partial charge >= 0.3 is 0 Å². The van der Waals surface area contributed by atoms with Crippen molar-refractivity contribution in [1.82, 2.24) is 15.0 Å². The number of ether oxygens (including phenoxy) is 1. The molecule has 0 saturated heterocycles. The number of nitrogens with one attached hydrogen (secondary N) is 1. The molecule has 0 atom stereocenters. The third-order valence-electron chi connectivity index (χ3n) is 5.15. The number of rotatable bonds is 12. The molecule has 0 aliphatic carbocycles. The van der Waals surface area contributed by atoms with E-state index in [0.29, 0.717) is 6.61 Å². The fourth-order valence-electron chi connectivity index (χ4n) is 3.56. The molecule has 0 fully saturated rings. The number of H-pyrrole nitrogens is 1. The summed E-state index contributed by atoms with van der Waals surface area (Å²) in [7, 11) is 0. The van der Waals surface area contributed by atoms with Crippen LogP contribution in [0.5, 0.6) is 5.75 Å². The smallest absolute Gasteiger partial charge is 0.166 e. The lowest BCUT2D eigenvalue weighted by Gasteiger charge is -2.13. The molecule has 0 unspecified atom stereocenters. The van der Waals surface area contributed by atoms with Crippen molar-refractivity contribution in [1.29, 1.82) is 0 Å². The highest BCUT2D eigenvalue weighted by molar-refractivity contribution is 7.99. The van der Waals surface area contributed by atoms with Crippen LogP contribution in [0.4, 0.5) is 0 Å². The van der Waals surface area contributed by atoms with Gasteiger partial charge in [0.2, 0.25) is 0 Å². The first-order valence-electron chi connectivity index (χ1n) is 11.2. The minimum atomic E-state index is 0.638. The van der Waals surface area contributed by atoms with Gasteiger partial charge in [-0.3, -0.25) is 4.98 Å². The number of imidazole rings is 1. The Kier molecular flexibility index (Phi) is 8.51. The predicted octanol–water partition coefficient (Wildman–Crippen LogP) is 7.15. The molecule has 1 N–H and O–H groups in total. The molecule has 32 heavy (non-hydrogen) atoms. The highest BCUT2D eigenvalue weighted by Gasteiger charge is 2.13. The molecule has 4 rings (SSSR count). The summed E-state index contributed by atoms with van der Waals surface area (Å²) in [5.41, 5.74) is 4.46. The Morgan fingerprint density at radius 2 is 1.75 bits per heavy atom. The van der Waals surface area contributed by atoms with Crippen molar-refractivity contribution < 1.29 is 4.74 Å². The van der Waals surface area contributed by atoms with Gasteiger partial charge in [-0.05, 0) is 55.7 Å². The Morgan fingerprint density at radius 3 is 2.59 bits per heavy atom. The van der Waals surface area contributed by atoms with Crippen LogP contribution in [-0.2, 0) is 12.2 Å². The van der Waals surface area contributed by atoms with E-state index < -0.39 is 0 Å². The van der Waals surface area contributed by atoms with Crippen molar-refractivity contribution in [2.24, 2.45) is 0 Å². The van der Waals surface area contributed by atoms with Gasteiger partial charge in [0.25, 0.3) is 0 Å². The standard InChI is InChI=1S/C26H29N3OS2/c1-2-30-25-23(19-32-26-28-21-14-8-9-15-22(21)29-26)27-17-16-24(25)31-18-10-4-7-13-20-11-5-3-6-12-20/h3,5-6,8-9,11-12,14-17H,2,4,7,10,13,18-19H2,1H3,(H,28,29). The molecular formula is C26H29N3OS2. The summed E-state index contributed by atoms with van der Waals surface area (Å²) in [6.07, 6.45) is 6.74. The second-order valence-electron chi connectivity index (χ2n) is 7.51. The summed E-state index contributed by atoms with van der Waals surface area (Å²) in [6.45, 7) is 2.67. The van der Waals surface area contributed by atoms with Crippen molar-refractivity contribution in [3.8, 4) is 5.75 Å². The maximum absolute atomic E-state index is 6.02. The fraction of sp³-hybridized carbons (Fsp3) is 0.308. The SMILES string of the molecule is CCOc1c(SCCCCCc2ccccc2)ccnc1CSc1nc2ccccc2[nH]1. The van der Waals surface area contributed by atoms with Gasteiger partial charge < -0.3 is 9.72 Å². The number of hydrogen-bond donors (Lipinski definition) is 1. The van der Waals surface area contributed by atoms with Crippen LogP contribution in [0.15, 0.2) is 76.9 Å².